The van der Waals surface area contributed by atoms with Crippen LogP contribution < -0.4 is 15.5 Å². The highest BCUT2D eigenvalue weighted by molar-refractivity contribution is 6.07. The molecule has 190 valence electrons. The van der Waals surface area contributed by atoms with Gasteiger partial charge in [-0.1, -0.05) is 60.7 Å². The van der Waals surface area contributed by atoms with Crippen LogP contribution >= 0.6 is 0 Å². The summed E-state index contributed by atoms with van der Waals surface area (Å²) >= 11 is 0. The normalized spacial score (nSPS) is 11.2. The number of nitrogens with zero attached hydrogens (tertiary/aromatic N) is 1. The van der Waals surface area contributed by atoms with Crippen LogP contribution in [0.4, 0.5) is 29.3 Å². The van der Waals surface area contributed by atoms with Crippen molar-refractivity contribution in [3.8, 4) is 0 Å². The van der Waals surface area contributed by atoms with Crippen molar-refractivity contribution in [1.29, 1.82) is 0 Å². The summed E-state index contributed by atoms with van der Waals surface area (Å²) in [5, 5.41) is 7.48. The maximum atomic E-state index is 13.4. The molecule has 8 heteroatoms. The maximum Gasteiger partial charge on any atom is 0.416 e. The maximum absolute atomic E-state index is 13.4. The van der Waals surface area contributed by atoms with Gasteiger partial charge in [-0.15, -0.1) is 0 Å². The molecule has 0 aliphatic carbocycles. The highest BCUT2D eigenvalue weighted by Crippen LogP contribution is 2.32. The van der Waals surface area contributed by atoms with Crippen LogP contribution in [-0.4, -0.2) is 25.0 Å². The highest BCUT2D eigenvalue weighted by Gasteiger charge is 2.31. The van der Waals surface area contributed by atoms with Gasteiger partial charge in [0.2, 0.25) is 0 Å². The lowest BCUT2D eigenvalue weighted by atomic mass is 10.1. The van der Waals surface area contributed by atoms with E-state index in [4.69, 9.17) is 0 Å². The third kappa shape index (κ3) is 6.27. The first-order valence-corrected chi connectivity index (χ1v) is 11.8. The average Bonchev–Trinajstić information content (AvgIpc) is 2.88. The zero-order valence-corrected chi connectivity index (χ0v) is 20.2. The number of amides is 3. The van der Waals surface area contributed by atoms with Crippen molar-refractivity contribution in [2.75, 3.05) is 23.3 Å². The van der Waals surface area contributed by atoms with E-state index >= 15 is 0 Å². The molecule has 0 aromatic heterocycles. The number of hydrogen-bond acceptors (Lipinski definition) is 2. The Morgan fingerprint density at radius 2 is 1.57 bits per heavy atom. The molecule has 0 fully saturated rings. The van der Waals surface area contributed by atoms with Crippen molar-refractivity contribution in [3.05, 3.63) is 108 Å². The Labute approximate surface area is 212 Å². The van der Waals surface area contributed by atoms with E-state index < -0.39 is 23.7 Å². The molecule has 3 amide bonds. The molecule has 4 aromatic carbocycles. The molecule has 2 N–H and O–H groups in total. The van der Waals surface area contributed by atoms with E-state index in [2.05, 4.69) is 10.6 Å². The SMILES string of the molecule is Cc1ccccc1C(=O)N(CCCNC(=O)Nc1cccc2ccccc12)c1cccc(C(F)(F)F)c1. The minimum Gasteiger partial charge on any atom is -0.338 e. The van der Waals surface area contributed by atoms with Gasteiger partial charge < -0.3 is 15.5 Å². The van der Waals surface area contributed by atoms with Gasteiger partial charge in [0.15, 0.2) is 0 Å². The molecule has 0 saturated carbocycles. The standard InChI is InChI=1S/C29H26F3N3O2/c1-20-9-2-4-14-24(20)27(36)35(23-13-7-12-22(19-23)29(30,31)32)18-8-17-33-28(37)34-26-16-6-11-21-10-3-5-15-25(21)26/h2-7,9-16,19H,8,17-18H2,1H3,(H2,33,34,37). The minimum absolute atomic E-state index is 0.114. The Balaban J connectivity index is 1.45. The van der Waals surface area contributed by atoms with Crippen LogP contribution in [0, 0.1) is 6.92 Å². The van der Waals surface area contributed by atoms with Gasteiger partial charge in [0.05, 0.1) is 11.3 Å². The molecule has 0 unspecified atom stereocenters. The van der Waals surface area contributed by atoms with Gasteiger partial charge in [0.25, 0.3) is 5.91 Å². The molecule has 4 rings (SSSR count). The van der Waals surface area contributed by atoms with Gasteiger partial charge >= 0.3 is 12.2 Å². The molecule has 0 spiro atoms. The Bertz CT molecular complexity index is 1410. The first kappa shape index (κ1) is 25.8. The smallest absolute Gasteiger partial charge is 0.338 e. The van der Waals surface area contributed by atoms with Gasteiger partial charge in [0, 0.05) is 29.7 Å². The van der Waals surface area contributed by atoms with Gasteiger partial charge in [-0.3, -0.25) is 4.79 Å². The fourth-order valence-corrected chi connectivity index (χ4v) is 4.10. The van der Waals surface area contributed by atoms with Gasteiger partial charge in [-0.25, -0.2) is 4.79 Å². The Morgan fingerprint density at radius 3 is 2.35 bits per heavy atom. The van der Waals surface area contributed by atoms with Gasteiger partial charge in [-0.2, -0.15) is 13.2 Å². The molecule has 4 aromatic rings. The van der Waals surface area contributed by atoms with Gasteiger partial charge in [-0.05, 0) is 54.6 Å². The van der Waals surface area contributed by atoms with Crippen LogP contribution in [0.25, 0.3) is 10.8 Å². The van der Waals surface area contributed by atoms with E-state index in [0.717, 1.165) is 28.5 Å². The van der Waals surface area contributed by atoms with Crippen molar-refractivity contribution in [3.63, 3.8) is 0 Å². The van der Waals surface area contributed by atoms with Crippen molar-refractivity contribution in [1.82, 2.24) is 5.32 Å². The molecule has 0 radical (unpaired) electrons. The average molecular weight is 506 g/mol. The van der Waals surface area contributed by atoms with Crippen molar-refractivity contribution >= 4 is 34.1 Å². The van der Waals surface area contributed by atoms with Gasteiger partial charge in [0.1, 0.15) is 0 Å². The Kier molecular flexibility index (Phi) is 7.77. The predicted molar refractivity (Wildman–Crippen MR) is 140 cm³/mol. The van der Waals surface area contributed by atoms with Crippen molar-refractivity contribution in [2.24, 2.45) is 0 Å². The lowest BCUT2D eigenvalue weighted by Crippen LogP contribution is -2.36. The van der Waals surface area contributed by atoms with E-state index in [9.17, 15) is 22.8 Å². The van der Waals surface area contributed by atoms with Crippen LogP contribution in [0.3, 0.4) is 0 Å². The molecule has 0 aliphatic rings. The summed E-state index contributed by atoms with van der Waals surface area (Å²) in [6, 6.07) is 24.5. The van der Waals surface area contributed by atoms with Crippen LogP contribution in [0.1, 0.15) is 27.9 Å². The number of rotatable bonds is 7. The quantitative estimate of drug-likeness (QED) is 0.265. The summed E-state index contributed by atoms with van der Waals surface area (Å²) in [4.78, 5) is 27.2. The number of carbonyl (C=O) groups is 2. The fourth-order valence-electron chi connectivity index (χ4n) is 4.10. The number of nitrogens with one attached hydrogen (secondary N) is 2. The summed E-state index contributed by atoms with van der Waals surface area (Å²) < 4.78 is 40.0. The van der Waals surface area contributed by atoms with E-state index in [1.807, 2.05) is 36.4 Å². The molecule has 0 bridgehead atoms. The number of aryl methyl sites for hydroxylation is 1. The molecular weight excluding hydrogens is 479 g/mol. The third-order valence-electron chi connectivity index (χ3n) is 5.99. The van der Waals surface area contributed by atoms with Crippen LogP contribution in [0.5, 0.6) is 0 Å². The lowest BCUT2D eigenvalue weighted by molar-refractivity contribution is -0.137. The monoisotopic (exact) mass is 505 g/mol. The number of halogens is 3. The summed E-state index contributed by atoms with van der Waals surface area (Å²) in [6.07, 6.45) is -4.20. The van der Waals surface area contributed by atoms with Crippen LogP contribution in [0.15, 0.2) is 91.0 Å². The zero-order valence-electron chi connectivity index (χ0n) is 20.2. The second-order valence-corrected chi connectivity index (χ2v) is 8.58. The van der Waals surface area contributed by atoms with Crippen molar-refractivity contribution < 1.29 is 22.8 Å². The molecule has 0 heterocycles. The van der Waals surface area contributed by atoms with E-state index in [1.54, 1.807) is 37.3 Å². The molecule has 0 saturated heterocycles. The number of fused-ring (bicyclic) bond motifs is 1. The third-order valence-corrected chi connectivity index (χ3v) is 5.99. The largest absolute Gasteiger partial charge is 0.416 e. The molecule has 0 aliphatic heterocycles. The predicted octanol–water partition coefficient (Wildman–Crippen LogP) is 7.03. The first-order valence-electron chi connectivity index (χ1n) is 11.8. The number of hydrogen-bond donors (Lipinski definition) is 2. The van der Waals surface area contributed by atoms with E-state index in [-0.39, 0.29) is 18.8 Å². The first-order chi connectivity index (χ1) is 17.7. The van der Waals surface area contributed by atoms with Crippen molar-refractivity contribution in [2.45, 2.75) is 19.5 Å². The second-order valence-electron chi connectivity index (χ2n) is 8.58. The summed E-state index contributed by atoms with van der Waals surface area (Å²) in [7, 11) is 0. The van der Waals surface area contributed by atoms with Crippen LogP contribution in [-0.2, 0) is 6.18 Å². The molecule has 37 heavy (non-hydrogen) atoms. The number of carbonyl (C=O) groups excluding carboxylic acids is 2. The van der Waals surface area contributed by atoms with Crippen LogP contribution in [0.2, 0.25) is 0 Å². The highest BCUT2D eigenvalue weighted by atomic mass is 19.4. The number of urea groups is 1. The zero-order chi connectivity index (χ0) is 26.4. The molecular formula is C29H26F3N3O2. The number of benzene rings is 4. The Morgan fingerprint density at radius 1 is 0.865 bits per heavy atom. The lowest BCUT2D eigenvalue weighted by Gasteiger charge is -2.25. The minimum atomic E-state index is -4.53. The summed E-state index contributed by atoms with van der Waals surface area (Å²) in [5.41, 5.74) is 1.10. The number of alkyl halides is 3. The summed E-state index contributed by atoms with van der Waals surface area (Å²) in [5.74, 6) is -0.405. The summed E-state index contributed by atoms with van der Waals surface area (Å²) in [6.45, 7) is 2.10. The Hall–Kier alpha value is -4.33. The molecule has 0 atom stereocenters. The second kappa shape index (κ2) is 11.2. The molecule has 5 nitrogen and oxygen atoms in total. The fraction of sp³-hybridized carbons (Fsp3) is 0.172. The van der Waals surface area contributed by atoms with E-state index in [1.165, 1.54) is 17.0 Å². The van der Waals surface area contributed by atoms with E-state index in [0.29, 0.717) is 17.7 Å². The number of anilines is 2. The topological polar surface area (TPSA) is 61.4 Å².